The largest absolute Gasteiger partial charge is 0.489 e. The van der Waals surface area contributed by atoms with Crippen LogP contribution in [0.2, 0.25) is 0 Å². The molecule has 1 heterocycles. The lowest BCUT2D eigenvalue weighted by Gasteiger charge is -2.42. The number of hydrogen-bond acceptors (Lipinski definition) is 5. The monoisotopic (exact) mass is 522 g/mol. The van der Waals surface area contributed by atoms with Gasteiger partial charge in [0.05, 0.1) is 13.2 Å². The van der Waals surface area contributed by atoms with Gasteiger partial charge in [-0.05, 0) is 52.8 Å². The van der Waals surface area contributed by atoms with Crippen molar-refractivity contribution in [1.29, 1.82) is 0 Å². The van der Waals surface area contributed by atoms with E-state index in [2.05, 4.69) is 51.1 Å². The van der Waals surface area contributed by atoms with Crippen molar-refractivity contribution in [2.45, 2.75) is 102 Å². The summed E-state index contributed by atoms with van der Waals surface area (Å²) < 4.78 is 18.8. The number of hydrogen-bond donors (Lipinski definition) is 1. The first-order valence-electron chi connectivity index (χ1n) is 14.6. The minimum Gasteiger partial charge on any atom is -0.489 e. The Bertz CT molecular complexity index is 1020. The predicted molar refractivity (Wildman–Crippen MR) is 150 cm³/mol. The average Bonchev–Trinajstić information content (AvgIpc) is 3.39. The molecule has 0 unspecified atom stereocenters. The number of rotatable bonds is 13. The van der Waals surface area contributed by atoms with Gasteiger partial charge in [0, 0.05) is 19.3 Å². The number of unbranched alkanes of at least 4 members (excludes halogenated alkanes) is 3. The number of ketones is 1. The van der Waals surface area contributed by atoms with E-state index in [1.807, 2.05) is 18.2 Å². The van der Waals surface area contributed by atoms with E-state index in [-0.39, 0.29) is 23.0 Å². The number of carbonyl (C=O) groups excluding carboxylic acids is 1. The molecule has 0 radical (unpaired) electrons. The number of aliphatic hydroxyl groups is 1. The summed E-state index contributed by atoms with van der Waals surface area (Å²) in [4.78, 5) is 12.4. The SMILES string of the molecule is CCCCCCC(C)(C)c1ccc([C@@H]2CC3(CC[C@H]2CC(=O)CO)OCCO3)c(OCc2ccccc2)c1. The van der Waals surface area contributed by atoms with Crippen LogP contribution in [0.4, 0.5) is 0 Å². The Morgan fingerprint density at radius 2 is 1.84 bits per heavy atom. The molecule has 1 saturated carbocycles. The van der Waals surface area contributed by atoms with E-state index in [0.29, 0.717) is 32.7 Å². The average molecular weight is 523 g/mol. The number of aliphatic hydroxyl groups excluding tert-OH is 1. The topological polar surface area (TPSA) is 65.0 Å². The molecule has 4 rings (SSSR count). The van der Waals surface area contributed by atoms with E-state index in [1.165, 1.54) is 31.2 Å². The van der Waals surface area contributed by atoms with Gasteiger partial charge in [0.15, 0.2) is 11.6 Å². The van der Waals surface area contributed by atoms with E-state index in [1.54, 1.807) is 0 Å². The molecular weight excluding hydrogens is 476 g/mol. The van der Waals surface area contributed by atoms with E-state index >= 15 is 0 Å². The Morgan fingerprint density at radius 3 is 2.55 bits per heavy atom. The second-order valence-corrected chi connectivity index (χ2v) is 11.8. The van der Waals surface area contributed by atoms with Crippen LogP contribution in [0, 0.1) is 5.92 Å². The van der Waals surface area contributed by atoms with Crippen molar-refractivity contribution in [1.82, 2.24) is 0 Å². The smallest absolute Gasteiger partial charge is 0.169 e. The van der Waals surface area contributed by atoms with Crippen molar-refractivity contribution < 1.29 is 24.1 Å². The van der Waals surface area contributed by atoms with Crippen LogP contribution in [0.3, 0.4) is 0 Å². The summed E-state index contributed by atoms with van der Waals surface area (Å²) >= 11 is 0. The molecule has 2 aliphatic rings. The van der Waals surface area contributed by atoms with Crippen molar-refractivity contribution in [3.05, 3.63) is 65.2 Å². The molecule has 1 saturated heterocycles. The highest BCUT2D eigenvalue weighted by Gasteiger charge is 2.46. The van der Waals surface area contributed by atoms with Gasteiger partial charge in [0.2, 0.25) is 0 Å². The third-order valence-corrected chi connectivity index (χ3v) is 8.56. The van der Waals surface area contributed by atoms with Gasteiger partial charge in [0.25, 0.3) is 0 Å². The van der Waals surface area contributed by atoms with Gasteiger partial charge in [-0.1, -0.05) is 88.9 Å². The third-order valence-electron chi connectivity index (χ3n) is 8.56. The molecule has 5 nitrogen and oxygen atoms in total. The zero-order chi connectivity index (χ0) is 27.0. The quantitative estimate of drug-likeness (QED) is 0.285. The lowest BCUT2D eigenvalue weighted by Crippen LogP contribution is -2.40. The van der Waals surface area contributed by atoms with Gasteiger partial charge in [-0.15, -0.1) is 0 Å². The number of ether oxygens (including phenoxy) is 3. The minimum atomic E-state index is -0.586. The van der Waals surface area contributed by atoms with Crippen molar-refractivity contribution in [3.63, 3.8) is 0 Å². The Hall–Kier alpha value is -2.21. The normalized spacial score (nSPS) is 21.1. The van der Waals surface area contributed by atoms with Crippen LogP contribution in [-0.2, 0) is 26.3 Å². The van der Waals surface area contributed by atoms with Gasteiger partial charge in [-0.3, -0.25) is 4.79 Å². The molecule has 1 aliphatic carbocycles. The van der Waals surface area contributed by atoms with Gasteiger partial charge in [-0.2, -0.15) is 0 Å². The Balaban J connectivity index is 1.66. The number of Topliss-reactive ketones (excluding diaryl/α,β-unsaturated/α-hetero) is 1. The first-order chi connectivity index (χ1) is 18.4. The van der Waals surface area contributed by atoms with Crippen LogP contribution in [0.15, 0.2) is 48.5 Å². The first-order valence-corrected chi connectivity index (χ1v) is 14.6. The van der Waals surface area contributed by atoms with Gasteiger partial charge >= 0.3 is 0 Å². The summed E-state index contributed by atoms with van der Waals surface area (Å²) in [6.45, 7) is 8.19. The highest BCUT2D eigenvalue weighted by Crippen LogP contribution is 2.50. The highest BCUT2D eigenvalue weighted by molar-refractivity contribution is 5.79. The molecule has 1 spiro atoms. The summed E-state index contributed by atoms with van der Waals surface area (Å²) in [6.07, 6.45) is 8.78. The fourth-order valence-corrected chi connectivity index (χ4v) is 6.19. The van der Waals surface area contributed by atoms with E-state index in [0.717, 1.165) is 36.1 Å². The van der Waals surface area contributed by atoms with Crippen molar-refractivity contribution in [2.75, 3.05) is 19.8 Å². The fourth-order valence-electron chi connectivity index (χ4n) is 6.19. The van der Waals surface area contributed by atoms with Crippen LogP contribution in [0.25, 0.3) is 0 Å². The van der Waals surface area contributed by atoms with Gasteiger partial charge in [0.1, 0.15) is 19.0 Å². The second kappa shape index (κ2) is 13.2. The zero-order valence-electron chi connectivity index (χ0n) is 23.5. The molecule has 2 aromatic carbocycles. The first kappa shape index (κ1) is 28.8. The van der Waals surface area contributed by atoms with Crippen molar-refractivity contribution in [3.8, 4) is 5.75 Å². The number of benzene rings is 2. The molecule has 0 bridgehead atoms. The Labute approximate surface area is 228 Å². The summed E-state index contributed by atoms with van der Waals surface area (Å²) in [7, 11) is 0. The molecule has 5 heteroatoms. The fraction of sp³-hybridized carbons (Fsp3) is 0.606. The van der Waals surface area contributed by atoms with Crippen LogP contribution in [0.1, 0.15) is 101 Å². The number of carbonyl (C=O) groups is 1. The minimum absolute atomic E-state index is 0.0366. The Kier molecular flexibility index (Phi) is 10.0. The van der Waals surface area contributed by atoms with Crippen LogP contribution < -0.4 is 4.74 Å². The van der Waals surface area contributed by atoms with E-state index in [9.17, 15) is 9.90 Å². The molecule has 208 valence electrons. The maximum absolute atomic E-state index is 12.4. The predicted octanol–water partition coefficient (Wildman–Crippen LogP) is 7.09. The molecule has 0 aromatic heterocycles. The van der Waals surface area contributed by atoms with Crippen LogP contribution >= 0.6 is 0 Å². The summed E-state index contributed by atoms with van der Waals surface area (Å²) in [5.74, 6) is 0.345. The lowest BCUT2D eigenvalue weighted by molar-refractivity contribution is -0.188. The van der Waals surface area contributed by atoms with Crippen LogP contribution in [-0.4, -0.2) is 36.5 Å². The summed E-state index contributed by atoms with van der Waals surface area (Å²) in [5, 5.41) is 9.50. The molecule has 2 fully saturated rings. The molecule has 2 atom stereocenters. The third kappa shape index (κ3) is 7.25. The highest BCUT2D eigenvalue weighted by atomic mass is 16.7. The summed E-state index contributed by atoms with van der Waals surface area (Å²) in [5.41, 5.74) is 3.55. The molecule has 1 aliphatic heterocycles. The summed E-state index contributed by atoms with van der Waals surface area (Å²) in [6, 6.07) is 17.0. The van der Waals surface area contributed by atoms with Gasteiger partial charge < -0.3 is 19.3 Å². The van der Waals surface area contributed by atoms with Crippen molar-refractivity contribution in [2.24, 2.45) is 5.92 Å². The molecular formula is C33H46O5. The standard InChI is InChI=1S/C33H46O5/c1-4-5-6-10-16-32(2,3)27-13-14-29(31(21-27)36-24-25-11-8-7-9-12-25)30-22-33(37-18-19-38-33)17-15-26(30)20-28(35)23-34/h7-9,11-14,21,26,30,34H,4-6,10,15-20,22-24H2,1-3H3/t26-,30+/m0/s1. The maximum atomic E-state index is 12.4. The van der Waals surface area contributed by atoms with Gasteiger partial charge in [-0.25, -0.2) is 0 Å². The second-order valence-electron chi connectivity index (χ2n) is 11.8. The molecule has 2 aromatic rings. The lowest BCUT2D eigenvalue weighted by atomic mass is 9.70. The zero-order valence-corrected chi connectivity index (χ0v) is 23.5. The molecule has 0 amide bonds. The van der Waals surface area contributed by atoms with E-state index in [4.69, 9.17) is 14.2 Å². The van der Waals surface area contributed by atoms with Crippen LogP contribution in [0.5, 0.6) is 5.75 Å². The Morgan fingerprint density at radius 1 is 1.08 bits per heavy atom. The van der Waals surface area contributed by atoms with Crippen molar-refractivity contribution >= 4 is 5.78 Å². The molecule has 38 heavy (non-hydrogen) atoms. The van der Waals surface area contributed by atoms with E-state index < -0.39 is 12.4 Å². The maximum Gasteiger partial charge on any atom is 0.169 e. The molecule has 1 N–H and O–H groups in total.